The molecule has 0 atom stereocenters. The van der Waals surface area contributed by atoms with E-state index in [1.165, 1.54) is 0 Å². The minimum Gasteiger partial charge on any atom is -0.394 e. The van der Waals surface area contributed by atoms with E-state index in [-0.39, 0.29) is 6.61 Å². The molecule has 0 aliphatic heterocycles. The van der Waals surface area contributed by atoms with Crippen molar-refractivity contribution in [2.75, 3.05) is 6.61 Å². The van der Waals surface area contributed by atoms with Gasteiger partial charge in [-0.15, -0.1) is 0 Å². The van der Waals surface area contributed by atoms with Crippen molar-refractivity contribution in [3.8, 4) is 22.5 Å². The first-order valence-electron chi connectivity index (χ1n) is 6.94. The van der Waals surface area contributed by atoms with Crippen molar-refractivity contribution in [2.24, 2.45) is 0 Å². The largest absolute Gasteiger partial charge is 0.394 e. The van der Waals surface area contributed by atoms with Gasteiger partial charge in [0.2, 0.25) is 0 Å². The summed E-state index contributed by atoms with van der Waals surface area (Å²) >= 11 is 0. The summed E-state index contributed by atoms with van der Waals surface area (Å²) in [4.78, 5) is 4.46. The average molecular weight is 279 g/mol. The zero-order valence-corrected chi connectivity index (χ0v) is 11.9. The highest BCUT2D eigenvalue weighted by molar-refractivity contribution is 5.70. The molecule has 0 aliphatic carbocycles. The van der Waals surface area contributed by atoms with Gasteiger partial charge in [-0.3, -0.25) is 9.67 Å². The van der Waals surface area contributed by atoms with Gasteiger partial charge in [-0.25, -0.2) is 0 Å². The summed E-state index contributed by atoms with van der Waals surface area (Å²) in [6, 6.07) is 14.2. The summed E-state index contributed by atoms with van der Waals surface area (Å²) < 4.78 is 1.74. The van der Waals surface area contributed by atoms with Crippen LogP contribution in [0.15, 0.2) is 54.9 Å². The fourth-order valence-corrected chi connectivity index (χ4v) is 2.36. The molecule has 0 saturated carbocycles. The minimum absolute atomic E-state index is 0.0916. The van der Waals surface area contributed by atoms with Gasteiger partial charge in [0, 0.05) is 23.5 Å². The van der Waals surface area contributed by atoms with Crippen LogP contribution in [0.1, 0.15) is 5.56 Å². The van der Waals surface area contributed by atoms with Crippen molar-refractivity contribution >= 4 is 0 Å². The Bertz CT molecular complexity index is 749. The van der Waals surface area contributed by atoms with E-state index in [0.717, 1.165) is 28.1 Å². The normalized spacial score (nSPS) is 10.8. The van der Waals surface area contributed by atoms with Crippen LogP contribution >= 0.6 is 0 Å². The molecule has 0 bridgehead atoms. The van der Waals surface area contributed by atoms with Crippen LogP contribution in [0.2, 0.25) is 0 Å². The number of hydrogen-bond acceptors (Lipinski definition) is 3. The summed E-state index contributed by atoms with van der Waals surface area (Å²) in [6.45, 7) is 2.66. The second-order valence-corrected chi connectivity index (χ2v) is 4.94. The van der Waals surface area contributed by atoms with Gasteiger partial charge in [-0.05, 0) is 30.7 Å². The molecule has 106 valence electrons. The van der Waals surface area contributed by atoms with Crippen molar-refractivity contribution in [3.63, 3.8) is 0 Å². The summed E-state index contributed by atoms with van der Waals surface area (Å²) in [6.07, 6.45) is 3.69. The van der Waals surface area contributed by atoms with Crippen LogP contribution in [0.3, 0.4) is 0 Å². The lowest BCUT2D eigenvalue weighted by atomic mass is 10.0. The fourth-order valence-electron chi connectivity index (χ4n) is 2.36. The van der Waals surface area contributed by atoms with Crippen molar-refractivity contribution in [3.05, 3.63) is 60.4 Å². The van der Waals surface area contributed by atoms with Gasteiger partial charge in [-0.1, -0.05) is 24.3 Å². The molecule has 0 spiro atoms. The molecule has 0 unspecified atom stereocenters. The zero-order chi connectivity index (χ0) is 14.7. The molecule has 1 N–H and O–H groups in total. The van der Waals surface area contributed by atoms with E-state index in [1.54, 1.807) is 4.68 Å². The van der Waals surface area contributed by atoms with Crippen LogP contribution in [0, 0.1) is 6.92 Å². The standard InChI is InChI=1S/C17H17N3O/c1-13-4-3-8-18-17(13)15-6-2-5-14(12-15)16-7-9-20(19-16)10-11-21/h2-9,12,21H,10-11H2,1H3. The van der Waals surface area contributed by atoms with Crippen molar-refractivity contribution < 1.29 is 5.11 Å². The number of pyridine rings is 1. The summed E-state index contributed by atoms with van der Waals surface area (Å²) in [5.41, 5.74) is 5.19. The third-order valence-electron chi connectivity index (χ3n) is 3.41. The Morgan fingerprint density at radius 2 is 1.95 bits per heavy atom. The monoisotopic (exact) mass is 279 g/mol. The Morgan fingerprint density at radius 3 is 2.76 bits per heavy atom. The smallest absolute Gasteiger partial charge is 0.0923 e. The van der Waals surface area contributed by atoms with Crippen LogP contribution < -0.4 is 0 Å². The lowest BCUT2D eigenvalue weighted by Crippen LogP contribution is -2.02. The highest BCUT2D eigenvalue weighted by Gasteiger charge is 2.07. The van der Waals surface area contributed by atoms with Crippen molar-refractivity contribution in [2.45, 2.75) is 13.5 Å². The maximum Gasteiger partial charge on any atom is 0.0923 e. The Labute approximate surface area is 123 Å². The number of aryl methyl sites for hydroxylation is 1. The molecule has 0 aliphatic rings. The van der Waals surface area contributed by atoms with Gasteiger partial charge >= 0.3 is 0 Å². The first-order valence-corrected chi connectivity index (χ1v) is 6.94. The highest BCUT2D eigenvalue weighted by Crippen LogP contribution is 2.25. The number of hydrogen-bond donors (Lipinski definition) is 1. The molecular weight excluding hydrogens is 262 g/mol. The van der Waals surface area contributed by atoms with Gasteiger partial charge < -0.3 is 5.11 Å². The van der Waals surface area contributed by atoms with Gasteiger partial charge in [-0.2, -0.15) is 5.10 Å². The zero-order valence-electron chi connectivity index (χ0n) is 11.9. The molecule has 0 fully saturated rings. The van der Waals surface area contributed by atoms with Crippen LogP contribution in [0.4, 0.5) is 0 Å². The Balaban J connectivity index is 1.98. The third kappa shape index (κ3) is 2.85. The Morgan fingerprint density at radius 1 is 1.10 bits per heavy atom. The average Bonchev–Trinajstić information content (AvgIpc) is 2.97. The van der Waals surface area contributed by atoms with Crippen LogP contribution in [-0.4, -0.2) is 26.5 Å². The van der Waals surface area contributed by atoms with E-state index in [4.69, 9.17) is 5.11 Å². The molecule has 3 aromatic rings. The topological polar surface area (TPSA) is 50.9 Å². The number of aliphatic hydroxyl groups excluding tert-OH is 1. The molecule has 3 rings (SSSR count). The van der Waals surface area contributed by atoms with Gasteiger partial charge in [0.1, 0.15) is 0 Å². The number of nitrogens with zero attached hydrogens (tertiary/aromatic N) is 3. The van der Waals surface area contributed by atoms with Crippen LogP contribution in [-0.2, 0) is 6.54 Å². The Kier molecular flexibility index (Phi) is 3.79. The number of benzene rings is 1. The summed E-state index contributed by atoms with van der Waals surface area (Å²) in [5.74, 6) is 0. The van der Waals surface area contributed by atoms with Crippen molar-refractivity contribution in [1.82, 2.24) is 14.8 Å². The maximum absolute atomic E-state index is 8.95. The van der Waals surface area contributed by atoms with E-state index < -0.39 is 0 Å². The molecule has 2 aromatic heterocycles. The first-order chi connectivity index (χ1) is 10.3. The van der Waals surface area contributed by atoms with Crippen LogP contribution in [0.25, 0.3) is 22.5 Å². The second-order valence-electron chi connectivity index (χ2n) is 4.94. The number of aliphatic hydroxyl groups is 1. The molecule has 2 heterocycles. The number of aromatic nitrogens is 3. The number of rotatable bonds is 4. The molecule has 0 radical (unpaired) electrons. The van der Waals surface area contributed by atoms with E-state index in [0.29, 0.717) is 6.54 Å². The van der Waals surface area contributed by atoms with E-state index in [1.807, 2.05) is 36.7 Å². The predicted molar refractivity (Wildman–Crippen MR) is 82.7 cm³/mol. The van der Waals surface area contributed by atoms with Gasteiger partial charge in [0.15, 0.2) is 0 Å². The SMILES string of the molecule is Cc1cccnc1-c1cccc(-c2ccn(CCO)n2)c1. The molecule has 4 nitrogen and oxygen atoms in total. The van der Waals surface area contributed by atoms with Gasteiger partial charge in [0.05, 0.1) is 24.5 Å². The second kappa shape index (κ2) is 5.89. The van der Waals surface area contributed by atoms with Crippen LogP contribution in [0.5, 0.6) is 0 Å². The van der Waals surface area contributed by atoms with E-state index in [9.17, 15) is 0 Å². The maximum atomic E-state index is 8.95. The molecule has 0 saturated heterocycles. The van der Waals surface area contributed by atoms with Gasteiger partial charge in [0.25, 0.3) is 0 Å². The lowest BCUT2D eigenvalue weighted by Gasteiger charge is -2.06. The summed E-state index contributed by atoms with van der Waals surface area (Å²) in [5, 5.41) is 13.4. The molecule has 1 aromatic carbocycles. The quantitative estimate of drug-likeness (QED) is 0.799. The van der Waals surface area contributed by atoms with Crippen molar-refractivity contribution in [1.29, 1.82) is 0 Å². The van der Waals surface area contributed by atoms with E-state index in [2.05, 4.69) is 35.2 Å². The lowest BCUT2D eigenvalue weighted by molar-refractivity contribution is 0.269. The molecular formula is C17H17N3O. The first kappa shape index (κ1) is 13.5. The Hall–Kier alpha value is -2.46. The summed E-state index contributed by atoms with van der Waals surface area (Å²) in [7, 11) is 0. The fraction of sp³-hybridized carbons (Fsp3) is 0.176. The van der Waals surface area contributed by atoms with E-state index >= 15 is 0 Å². The minimum atomic E-state index is 0.0916. The predicted octanol–water partition coefficient (Wildman–Crippen LogP) is 2.91. The third-order valence-corrected chi connectivity index (χ3v) is 3.41. The molecule has 0 amide bonds. The molecule has 21 heavy (non-hydrogen) atoms. The molecule has 4 heteroatoms. The highest BCUT2D eigenvalue weighted by atomic mass is 16.3.